The van der Waals surface area contributed by atoms with Gasteiger partial charge in [0.25, 0.3) is 11.8 Å². The molecule has 0 radical (unpaired) electrons. The number of nitrogens with one attached hydrogen (secondary N) is 1. The van der Waals surface area contributed by atoms with Crippen molar-refractivity contribution >= 4 is 40.4 Å². The molecule has 1 heterocycles. The van der Waals surface area contributed by atoms with Crippen LogP contribution in [0.1, 0.15) is 22.3 Å². The lowest BCUT2D eigenvalue weighted by Gasteiger charge is -2.16. The number of anilines is 2. The van der Waals surface area contributed by atoms with Gasteiger partial charge < -0.3 is 5.32 Å². The first-order valence-electron chi connectivity index (χ1n) is 9.65. The molecule has 1 N–H and O–H groups in total. The van der Waals surface area contributed by atoms with E-state index in [1.807, 2.05) is 69.3 Å². The highest BCUT2D eigenvalue weighted by Crippen LogP contribution is 2.36. The van der Waals surface area contributed by atoms with Crippen LogP contribution in [0, 0.1) is 20.8 Å². The summed E-state index contributed by atoms with van der Waals surface area (Å²) in [6, 6.07) is 20.4. The van der Waals surface area contributed by atoms with E-state index in [1.165, 1.54) is 4.90 Å². The number of halogens is 1. The molecule has 30 heavy (non-hydrogen) atoms. The van der Waals surface area contributed by atoms with Gasteiger partial charge in [0.1, 0.15) is 5.70 Å². The number of rotatable bonds is 4. The molecule has 0 atom stereocenters. The van der Waals surface area contributed by atoms with Crippen LogP contribution in [0.25, 0.3) is 5.57 Å². The van der Waals surface area contributed by atoms with E-state index in [-0.39, 0.29) is 11.6 Å². The van der Waals surface area contributed by atoms with E-state index in [2.05, 4.69) is 5.32 Å². The second kappa shape index (κ2) is 7.81. The predicted octanol–water partition coefficient (Wildman–Crippen LogP) is 5.66. The lowest BCUT2D eigenvalue weighted by Crippen LogP contribution is -2.32. The van der Waals surface area contributed by atoms with Crippen LogP contribution >= 0.6 is 11.6 Å². The Morgan fingerprint density at radius 2 is 1.53 bits per heavy atom. The summed E-state index contributed by atoms with van der Waals surface area (Å²) in [7, 11) is 0. The minimum Gasteiger partial charge on any atom is -0.350 e. The number of para-hydroxylation sites is 1. The third-order valence-electron chi connectivity index (χ3n) is 5.19. The Morgan fingerprint density at radius 3 is 2.20 bits per heavy atom. The normalized spacial score (nSPS) is 13.9. The maximum Gasteiger partial charge on any atom is 0.282 e. The maximum absolute atomic E-state index is 13.5. The van der Waals surface area contributed by atoms with Crippen LogP contribution in [0.4, 0.5) is 11.4 Å². The minimum absolute atomic E-state index is 0.259. The van der Waals surface area contributed by atoms with Crippen molar-refractivity contribution in [1.29, 1.82) is 0 Å². The van der Waals surface area contributed by atoms with Gasteiger partial charge in [-0.15, -0.1) is 0 Å². The van der Waals surface area contributed by atoms with E-state index in [0.717, 1.165) is 27.9 Å². The molecule has 1 aliphatic heterocycles. The van der Waals surface area contributed by atoms with Gasteiger partial charge >= 0.3 is 0 Å². The van der Waals surface area contributed by atoms with Gasteiger partial charge in [-0.1, -0.05) is 59.6 Å². The molecule has 150 valence electrons. The van der Waals surface area contributed by atoms with Crippen LogP contribution in [0.5, 0.6) is 0 Å². The van der Waals surface area contributed by atoms with Gasteiger partial charge in [0.15, 0.2) is 0 Å². The summed E-state index contributed by atoms with van der Waals surface area (Å²) >= 11 is 6.27. The monoisotopic (exact) mass is 416 g/mol. The lowest BCUT2D eigenvalue weighted by atomic mass is 9.97. The second-order valence-electron chi connectivity index (χ2n) is 7.44. The van der Waals surface area contributed by atoms with E-state index >= 15 is 0 Å². The van der Waals surface area contributed by atoms with Gasteiger partial charge in [-0.05, 0) is 61.7 Å². The van der Waals surface area contributed by atoms with Crippen molar-refractivity contribution in [3.05, 3.63) is 99.7 Å². The summed E-state index contributed by atoms with van der Waals surface area (Å²) < 4.78 is 0. The number of nitrogens with zero attached hydrogens (tertiary/aromatic N) is 1. The molecule has 3 aromatic carbocycles. The average molecular weight is 417 g/mol. The number of hydrogen-bond donors (Lipinski definition) is 1. The number of hydrogen-bond acceptors (Lipinski definition) is 3. The Kier molecular flexibility index (Phi) is 5.18. The zero-order chi connectivity index (χ0) is 21.4. The first-order chi connectivity index (χ1) is 14.4. The number of imide groups is 1. The largest absolute Gasteiger partial charge is 0.350 e. The highest BCUT2D eigenvalue weighted by molar-refractivity contribution is 6.46. The summed E-state index contributed by atoms with van der Waals surface area (Å²) in [4.78, 5) is 28.1. The number of aryl methyl sites for hydroxylation is 3. The molecule has 0 aliphatic carbocycles. The number of carbonyl (C=O) groups excluding carboxylic acids is 2. The van der Waals surface area contributed by atoms with Crippen molar-refractivity contribution < 1.29 is 9.59 Å². The Morgan fingerprint density at radius 1 is 0.800 bits per heavy atom. The van der Waals surface area contributed by atoms with E-state index in [9.17, 15) is 9.59 Å². The highest BCUT2D eigenvalue weighted by Gasteiger charge is 2.40. The quantitative estimate of drug-likeness (QED) is 0.558. The Balaban J connectivity index is 1.86. The fourth-order valence-electron chi connectivity index (χ4n) is 3.61. The molecular weight excluding hydrogens is 396 g/mol. The minimum atomic E-state index is -0.404. The number of carbonyl (C=O) groups is 2. The molecule has 0 saturated heterocycles. The molecule has 5 heteroatoms. The molecule has 4 rings (SSSR count). The van der Waals surface area contributed by atoms with Crippen LogP contribution in [-0.4, -0.2) is 11.8 Å². The molecule has 0 bridgehead atoms. The highest BCUT2D eigenvalue weighted by atomic mass is 35.5. The molecule has 0 unspecified atom stereocenters. The summed E-state index contributed by atoms with van der Waals surface area (Å²) in [5.41, 5.74) is 5.44. The van der Waals surface area contributed by atoms with Crippen molar-refractivity contribution in [2.45, 2.75) is 20.8 Å². The van der Waals surface area contributed by atoms with Gasteiger partial charge in [0.2, 0.25) is 0 Å². The van der Waals surface area contributed by atoms with Gasteiger partial charge in [-0.25, -0.2) is 4.90 Å². The standard InChI is InChI=1S/C25H21ClN2O2/c1-15-9-12-20(17(3)13-15)22-23(27-18-7-5-4-6-8-18)25(30)28(24(22)29)19-11-10-16(2)21(26)14-19/h4-14,27H,1-3H3. The molecular formula is C25H21ClN2O2. The first kappa shape index (κ1) is 19.9. The molecule has 0 fully saturated rings. The van der Waals surface area contributed by atoms with Crippen molar-refractivity contribution in [3.8, 4) is 0 Å². The zero-order valence-electron chi connectivity index (χ0n) is 17.0. The van der Waals surface area contributed by atoms with E-state index < -0.39 is 5.91 Å². The summed E-state index contributed by atoms with van der Waals surface area (Å²) in [5, 5.41) is 3.68. The van der Waals surface area contributed by atoms with Crippen molar-refractivity contribution in [3.63, 3.8) is 0 Å². The maximum atomic E-state index is 13.5. The van der Waals surface area contributed by atoms with Crippen molar-refractivity contribution in [2.24, 2.45) is 0 Å². The van der Waals surface area contributed by atoms with Crippen LogP contribution in [0.2, 0.25) is 5.02 Å². The third kappa shape index (κ3) is 3.51. The number of benzene rings is 3. The zero-order valence-corrected chi connectivity index (χ0v) is 17.7. The smallest absolute Gasteiger partial charge is 0.282 e. The van der Waals surface area contributed by atoms with Crippen molar-refractivity contribution in [2.75, 3.05) is 10.2 Å². The van der Waals surface area contributed by atoms with Gasteiger partial charge in [0, 0.05) is 10.7 Å². The average Bonchev–Trinajstić information content (AvgIpc) is 2.95. The lowest BCUT2D eigenvalue weighted by molar-refractivity contribution is -0.120. The third-order valence-corrected chi connectivity index (χ3v) is 5.60. The Hall–Kier alpha value is -3.37. The molecule has 4 nitrogen and oxygen atoms in total. The Labute approximate surface area is 180 Å². The van der Waals surface area contributed by atoms with Gasteiger partial charge in [-0.3, -0.25) is 9.59 Å². The van der Waals surface area contributed by atoms with Gasteiger partial charge in [-0.2, -0.15) is 0 Å². The molecule has 0 aromatic heterocycles. The fraction of sp³-hybridized carbons (Fsp3) is 0.120. The SMILES string of the molecule is Cc1ccc(C2=C(Nc3ccccc3)C(=O)N(c3ccc(C)c(Cl)c3)C2=O)c(C)c1. The van der Waals surface area contributed by atoms with Crippen LogP contribution < -0.4 is 10.2 Å². The van der Waals surface area contributed by atoms with Gasteiger partial charge in [0.05, 0.1) is 11.3 Å². The van der Waals surface area contributed by atoms with E-state index in [0.29, 0.717) is 16.3 Å². The fourth-order valence-corrected chi connectivity index (χ4v) is 3.79. The predicted molar refractivity (Wildman–Crippen MR) is 122 cm³/mol. The first-order valence-corrected chi connectivity index (χ1v) is 10.0. The molecule has 0 spiro atoms. The van der Waals surface area contributed by atoms with Crippen LogP contribution in [0.15, 0.2) is 72.4 Å². The van der Waals surface area contributed by atoms with Crippen LogP contribution in [0.3, 0.4) is 0 Å². The molecule has 0 saturated carbocycles. The summed E-state index contributed by atoms with van der Waals surface area (Å²) in [6.45, 7) is 5.82. The van der Waals surface area contributed by atoms with E-state index in [4.69, 9.17) is 11.6 Å². The summed E-state index contributed by atoms with van der Waals surface area (Å²) in [6.07, 6.45) is 0. The van der Waals surface area contributed by atoms with E-state index in [1.54, 1.807) is 18.2 Å². The second-order valence-corrected chi connectivity index (χ2v) is 7.85. The molecule has 1 aliphatic rings. The molecule has 3 aromatic rings. The van der Waals surface area contributed by atoms with Crippen molar-refractivity contribution in [1.82, 2.24) is 0 Å². The van der Waals surface area contributed by atoms with Crippen LogP contribution in [-0.2, 0) is 9.59 Å². The Bertz CT molecular complexity index is 1200. The summed E-state index contributed by atoms with van der Waals surface area (Å²) in [5.74, 6) is -0.774. The number of amides is 2. The topological polar surface area (TPSA) is 49.4 Å². The molecule has 2 amide bonds.